The molecule has 2 aromatic rings. The molecule has 1 atom stereocenters. The Balaban J connectivity index is 1.75. The van der Waals surface area contributed by atoms with Crippen molar-refractivity contribution in [3.8, 4) is 5.75 Å². The molecule has 122 valence electrons. The van der Waals surface area contributed by atoms with Gasteiger partial charge in [-0.25, -0.2) is 12.8 Å². The van der Waals surface area contributed by atoms with Crippen LogP contribution in [-0.2, 0) is 10.0 Å². The van der Waals surface area contributed by atoms with E-state index in [0.717, 1.165) is 0 Å². The largest absolute Gasteiger partial charge is 0.489 e. The second-order valence-electron chi connectivity index (χ2n) is 5.48. The number of sulfonamides is 1. The number of hydrogen-bond donors (Lipinski definition) is 0. The molecule has 1 aliphatic heterocycles. The second kappa shape index (κ2) is 6.25. The minimum atomic E-state index is -3.64. The molecule has 0 saturated carbocycles. The lowest BCUT2D eigenvalue weighted by molar-refractivity contribution is 0.215. The van der Waals surface area contributed by atoms with Gasteiger partial charge in [-0.05, 0) is 49.2 Å². The van der Waals surface area contributed by atoms with Crippen molar-refractivity contribution < 1.29 is 17.5 Å². The van der Waals surface area contributed by atoms with E-state index >= 15 is 0 Å². The Morgan fingerprint density at radius 2 is 2.00 bits per heavy atom. The maximum Gasteiger partial charge on any atom is 0.243 e. The fraction of sp³-hybridized carbons (Fsp3) is 0.312. The summed E-state index contributed by atoms with van der Waals surface area (Å²) < 4.78 is 45.8. The Morgan fingerprint density at radius 3 is 2.70 bits per heavy atom. The second-order valence-corrected chi connectivity index (χ2v) is 7.39. The van der Waals surface area contributed by atoms with Gasteiger partial charge in [0.15, 0.2) is 0 Å². The summed E-state index contributed by atoms with van der Waals surface area (Å²) in [7, 11) is -3.64. The number of benzene rings is 1. The van der Waals surface area contributed by atoms with Gasteiger partial charge in [0.05, 0.1) is 11.4 Å². The first-order valence-corrected chi connectivity index (χ1v) is 8.74. The summed E-state index contributed by atoms with van der Waals surface area (Å²) in [6.45, 7) is 2.26. The first kappa shape index (κ1) is 15.9. The standard InChI is InChI=1S/C16H17FN2O3S/c1-12-10-13(17)2-3-16(12)23(20,21)19-9-6-15(11-19)22-14-4-7-18-8-5-14/h2-5,7-8,10,15H,6,9,11H2,1H3. The van der Waals surface area contributed by atoms with Gasteiger partial charge in [0.2, 0.25) is 10.0 Å². The summed E-state index contributed by atoms with van der Waals surface area (Å²) in [5.41, 5.74) is 0.406. The third-order valence-corrected chi connectivity index (χ3v) is 5.84. The fourth-order valence-corrected chi connectivity index (χ4v) is 4.36. The van der Waals surface area contributed by atoms with Crippen LogP contribution in [0.25, 0.3) is 0 Å². The molecule has 1 aromatic heterocycles. The van der Waals surface area contributed by atoms with Crippen LogP contribution in [0.5, 0.6) is 5.75 Å². The summed E-state index contributed by atoms with van der Waals surface area (Å²) >= 11 is 0. The van der Waals surface area contributed by atoms with E-state index in [9.17, 15) is 12.8 Å². The highest BCUT2D eigenvalue weighted by atomic mass is 32.2. The van der Waals surface area contributed by atoms with Crippen molar-refractivity contribution in [1.29, 1.82) is 0 Å². The molecule has 0 N–H and O–H groups in total. The van der Waals surface area contributed by atoms with Gasteiger partial charge >= 0.3 is 0 Å². The Morgan fingerprint density at radius 1 is 1.26 bits per heavy atom. The van der Waals surface area contributed by atoms with E-state index in [4.69, 9.17) is 4.74 Å². The smallest absolute Gasteiger partial charge is 0.243 e. The van der Waals surface area contributed by atoms with Crippen molar-refractivity contribution in [2.75, 3.05) is 13.1 Å². The highest BCUT2D eigenvalue weighted by Gasteiger charge is 2.34. The highest BCUT2D eigenvalue weighted by Crippen LogP contribution is 2.26. The molecule has 7 heteroatoms. The van der Waals surface area contributed by atoms with Gasteiger partial charge < -0.3 is 4.74 Å². The quantitative estimate of drug-likeness (QED) is 0.860. The predicted octanol–water partition coefficient (Wildman–Crippen LogP) is 2.37. The zero-order chi connectivity index (χ0) is 16.4. The number of hydrogen-bond acceptors (Lipinski definition) is 4. The van der Waals surface area contributed by atoms with Crippen LogP contribution in [0.4, 0.5) is 4.39 Å². The van der Waals surface area contributed by atoms with Gasteiger partial charge in [-0.1, -0.05) is 0 Å². The molecular weight excluding hydrogens is 319 g/mol. The fourth-order valence-electron chi connectivity index (χ4n) is 2.66. The van der Waals surface area contributed by atoms with Crippen LogP contribution in [0.1, 0.15) is 12.0 Å². The van der Waals surface area contributed by atoms with Gasteiger partial charge in [-0.2, -0.15) is 4.31 Å². The molecule has 1 aromatic carbocycles. The first-order valence-electron chi connectivity index (χ1n) is 7.30. The third-order valence-electron chi connectivity index (χ3n) is 3.82. The van der Waals surface area contributed by atoms with E-state index < -0.39 is 15.8 Å². The Hall–Kier alpha value is -1.99. The monoisotopic (exact) mass is 336 g/mol. The van der Waals surface area contributed by atoms with E-state index in [2.05, 4.69) is 4.98 Å². The van der Waals surface area contributed by atoms with E-state index in [0.29, 0.717) is 24.3 Å². The van der Waals surface area contributed by atoms with Crippen molar-refractivity contribution in [3.05, 3.63) is 54.1 Å². The van der Waals surface area contributed by atoms with Crippen molar-refractivity contribution >= 4 is 10.0 Å². The summed E-state index contributed by atoms with van der Waals surface area (Å²) in [5, 5.41) is 0. The Bertz CT molecular complexity index is 796. The molecule has 0 aliphatic carbocycles. The van der Waals surface area contributed by atoms with Gasteiger partial charge in [-0.15, -0.1) is 0 Å². The van der Waals surface area contributed by atoms with Gasteiger partial charge in [0.1, 0.15) is 17.7 Å². The lowest BCUT2D eigenvalue weighted by Crippen LogP contribution is -2.31. The lowest BCUT2D eigenvalue weighted by atomic mass is 10.2. The molecule has 1 aliphatic rings. The number of aromatic nitrogens is 1. The van der Waals surface area contributed by atoms with Crippen LogP contribution in [0.2, 0.25) is 0 Å². The molecule has 2 heterocycles. The molecule has 0 amide bonds. The van der Waals surface area contributed by atoms with Crippen molar-refractivity contribution in [2.45, 2.75) is 24.3 Å². The molecule has 1 unspecified atom stereocenters. The van der Waals surface area contributed by atoms with Crippen LogP contribution in [0, 0.1) is 12.7 Å². The van der Waals surface area contributed by atoms with E-state index in [-0.39, 0.29) is 17.5 Å². The number of pyridine rings is 1. The van der Waals surface area contributed by atoms with Gasteiger partial charge in [0.25, 0.3) is 0 Å². The van der Waals surface area contributed by atoms with E-state index in [1.807, 2.05) is 0 Å². The number of nitrogens with zero attached hydrogens (tertiary/aromatic N) is 2. The molecule has 1 fully saturated rings. The normalized spacial score (nSPS) is 19.0. The number of rotatable bonds is 4. The van der Waals surface area contributed by atoms with Crippen LogP contribution >= 0.6 is 0 Å². The average molecular weight is 336 g/mol. The minimum Gasteiger partial charge on any atom is -0.489 e. The topological polar surface area (TPSA) is 59.5 Å². The molecule has 0 radical (unpaired) electrons. The van der Waals surface area contributed by atoms with Gasteiger partial charge in [-0.3, -0.25) is 4.98 Å². The van der Waals surface area contributed by atoms with E-state index in [1.165, 1.54) is 22.5 Å². The molecule has 0 spiro atoms. The summed E-state index contributed by atoms with van der Waals surface area (Å²) in [5.74, 6) is 0.226. The Kier molecular flexibility index (Phi) is 4.32. The molecule has 0 bridgehead atoms. The molecule has 23 heavy (non-hydrogen) atoms. The van der Waals surface area contributed by atoms with Crippen LogP contribution in [0.15, 0.2) is 47.6 Å². The highest BCUT2D eigenvalue weighted by molar-refractivity contribution is 7.89. The lowest BCUT2D eigenvalue weighted by Gasteiger charge is -2.18. The first-order chi connectivity index (χ1) is 11.0. The molecule has 3 rings (SSSR count). The van der Waals surface area contributed by atoms with Crippen molar-refractivity contribution in [3.63, 3.8) is 0 Å². The summed E-state index contributed by atoms with van der Waals surface area (Å²) in [6.07, 6.45) is 3.66. The maximum absolute atomic E-state index is 13.2. The van der Waals surface area contributed by atoms with Crippen LogP contribution in [-0.4, -0.2) is 36.9 Å². The number of halogens is 1. The zero-order valence-electron chi connectivity index (χ0n) is 12.6. The SMILES string of the molecule is Cc1cc(F)ccc1S(=O)(=O)N1CCC(Oc2ccncc2)C1. The summed E-state index contributed by atoms with van der Waals surface area (Å²) in [4.78, 5) is 4.06. The number of ether oxygens (including phenoxy) is 1. The van der Waals surface area contributed by atoms with Crippen LogP contribution in [0.3, 0.4) is 0 Å². The molecule has 5 nitrogen and oxygen atoms in total. The van der Waals surface area contributed by atoms with Gasteiger partial charge in [0, 0.05) is 18.9 Å². The predicted molar refractivity (Wildman–Crippen MR) is 83.2 cm³/mol. The molecular formula is C16H17FN2O3S. The van der Waals surface area contributed by atoms with E-state index in [1.54, 1.807) is 31.5 Å². The zero-order valence-corrected chi connectivity index (χ0v) is 13.5. The third kappa shape index (κ3) is 3.35. The summed E-state index contributed by atoms with van der Waals surface area (Å²) in [6, 6.07) is 7.19. The minimum absolute atomic E-state index is 0.142. The van der Waals surface area contributed by atoms with Crippen molar-refractivity contribution in [2.24, 2.45) is 0 Å². The van der Waals surface area contributed by atoms with Crippen molar-refractivity contribution in [1.82, 2.24) is 9.29 Å². The average Bonchev–Trinajstić information content (AvgIpc) is 2.97. The maximum atomic E-state index is 13.2. The molecule has 1 saturated heterocycles. The van der Waals surface area contributed by atoms with Crippen LogP contribution < -0.4 is 4.74 Å². The number of aryl methyl sites for hydroxylation is 1. The Labute approximate surface area is 134 Å².